The first kappa shape index (κ1) is 25.7. The van der Waals surface area contributed by atoms with Crippen molar-refractivity contribution in [2.75, 3.05) is 4.90 Å². The van der Waals surface area contributed by atoms with E-state index in [9.17, 15) is 23.5 Å². The standard InChI is InChI=1S/C30H26F2N2O3S/c1-15-7-6-8-17(11-15)25-23(26(35)20-12-18(30(3,4)5)10-9-16(20)2)27(36)28(37)34(25)29-33-24-21(32)13-19(31)14-22(24)38-29/h6-14,25,35H,1-5H3/b26-23+. The highest BCUT2D eigenvalue weighted by molar-refractivity contribution is 7.22. The maximum atomic E-state index is 14.5. The molecule has 1 atom stereocenters. The number of aliphatic hydroxyl groups is 1. The number of thiazole rings is 1. The molecule has 8 heteroatoms. The van der Waals surface area contributed by atoms with Crippen LogP contribution in [-0.4, -0.2) is 21.8 Å². The average Bonchev–Trinajstić information content (AvgIpc) is 3.37. The predicted molar refractivity (Wildman–Crippen MR) is 145 cm³/mol. The van der Waals surface area contributed by atoms with Crippen LogP contribution in [0.2, 0.25) is 0 Å². The fourth-order valence-electron chi connectivity index (χ4n) is 4.72. The van der Waals surface area contributed by atoms with Gasteiger partial charge in [-0.1, -0.05) is 74.1 Å². The number of rotatable bonds is 3. The molecule has 5 nitrogen and oxygen atoms in total. The molecule has 1 N–H and O–H groups in total. The molecule has 5 rings (SSSR count). The second kappa shape index (κ2) is 9.13. The molecule has 0 bridgehead atoms. The fraction of sp³-hybridized carbons (Fsp3) is 0.233. The maximum absolute atomic E-state index is 14.5. The lowest BCUT2D eigenvalue weighted by molar-refractivity contribution is -0.132. The Morgan fingerprint density at radius 3 is 2.45 bits per heavy atom. The quantitative estimate of drug-likeness (QED) is 0.173. The molecule has 1 aromatic heterocycles. The molecule has 194 valence electrons. The number of halogens is 2. The summed E-state index contributed by atoms with van der Waals surface area (Å²) in [5.74, 6) is -3.69. The van der Waals surface area contributed by atoms with Gasteiger partial charge in [0, 0.05) is 11.6 Å². The van der Waals surface area contributed by atoms with Gasteiger partial charge in [-0.15, -0.1) is 0 Å². The van der Waals surface area contributed by atoms with E-state index >= 15 is 0 Å². The van der Waals surface area contributed by atoms with E-state index in [0.29, 0.717) is 11.1 Å². The molecule has 3 aromatic carbocycles. The second-order valence-corrected chi connectivity index (χ2v) is 11.6. The van der Waals surface area contributed by atoms with Gasteiger partial charge < -0.3 is 5.11 Å². The molecule has 0 saturated carbocycles. The molecule has 1 aliphatic heterocycles. The summed E-state index contributed by atoms with van der Waals surface area (Å²) < 4.78 is 28.6. The van der Waals surface area contributed by atoms with Crippen LogP contribution in [0, 0.1) is 25.5 Å². The van der Waals surface area contributed by atoms with Crippen molar-refractivity contribution in [3.8, 4) is 0 Å². The van der Waals surface area contributed by atoms with Crippen LogP contribution < -0.4 is 4.90 Å². The Labute approximate surface area is 223 Å². The third-order valence-electron chi connectivity index (χ3n) is 6.77. The van der Waals surface area contributed by atoms with E-state index in [0.717, 1.165) is 40.2 Å². The van der Waals surface area contributed by atoms with Crippen molar-refractivity contribution in [2.24, 2.45) is 0 Å². The first-order valence-electron chi connectivity index (χ1n) is 12.1. The summed E-state index contributed by atoms with van der Waals surface area (Å²) in [6, 6.07) is 13.8. The minimum absolute atomic E-state index is 0.0392. The van der Waals surface area contributed by atoms with Crippen molar-refractivity contribution in [3.05, 3.63) is 99.6 Å². The number of carbonyl (C=O) groups excluding carboxylic acids is 2. The monoisotopic (exact) mass is 532 g/mol. The van der Waals surface area contributed by atoms with E-state index in [4.69, 9.17) is 0 Å². The van der Waals surface area contributed by atoms with Crippen molar-refractivity contribution in [3.63, 3.8) is 0 Å². The molecule has 1 amide bonds. The summed E-state index contributed by atoms with van der Waals surface area (Å²) in [6.07, 6.45) is 0. The van der Waals surface area contributed by atoms with Crippen LogP contribution in [-0.2, 0) is 15.0 Å². The predicted octanol–water partition coefficient (Wildman–Crippen LogP) is 7.12. The number of ketones is 1. The number of aryl methyl sites for hydroxylation is 2. The van der Waals surface area contributed by atoms with Crippen LogP contribution >= 0.6 is 11.3 Å². The Kier molecular flexibility index (Phi) is 6.18. The smallest absolute Gasteiger partial charge is 0.301 e. The van der Waals surface area contributed by atoms with Gasteiger partial charge in [-0.3, -0.25) is 14.5 Å². The number of benzene rings is 3. The highest BCUT2D eigenvalue weighted by Crippen LogP contribution is 2.45. The number of fused-ring (bicyclic) bond motifs is 1. The van der Waals surface area contributed by atoms with Gasteiger partial charge in [0.25, 0.3) is 5.78 Å². The molecule has 1 fully saturated rings. The van der Waals surface area contributed by atoms with Crippen LogP contribution in [0.3, 0.4) is 0 Å². The van der Waals surface area contributed by atoms with Crippen LogP contribution in [0.4, 0.5) is 13.9 Å². The zero-order valence-electron chi connectivity index (χ0n) is 21.6. The molecule has 1 aliphatic rings. The number of carbonyl (C=O) groups is 2. The molecule has 0 radical (unpaired) electrons. The number of aliphatic hydroxyl groups excluding tert-OH is 1. The lowest BCUT2D eigenvalue weighted by atomic mass is 9.84. The number of hydrogen-bond donors (Lipinski definition) is 1. The van der Waals surface area contributed by atoms with Crippen LogP contribution in [0.15, 0.2) is 60.2 Å². The van der Waals surface area contributed by atoms with E-state index in [1.54, 1.807) is 12.1 Å². The molecular formula is C30H26F2N2O3S. The lowest BCUT2D eigenvalue weighted by Crippen LogP contribution is -2.29. The Balaban J connectivity index is 1.77. The average molecular weight is 533 g/mol. The minimum atomic E-state index is -1.01. The fourth-order valence-corrected chi connectivity index (χ4v) is 5.75. The summed E-state index contributed by atoms with van der Waals surface area (Å²) in [5.41, 5.74) is 3.22. The number of Topliss-reactive ketones (excluding diaryl/α,β-unsaturated/α-hetero) is 1. The van der Waals surface area contributed by atoms with E-state index in [1.165, 1.54) is 4.90 Å². The van der Waals surface area contributed by atoms with E-state index < -0.39 is 29.4 Å². The number of nitrogens with zero attached hydrogens (tertiary/aromatic N) is 2. The number of anilines is 1. The topological polar surface area (TPSA) is 70.5 Å². The Morgan fingerprint density at radius 1 is 1.03 bits per heavy atom. The number of aromatic nitrogens is 1. The SMILES string of the molecule is Cc1cccc(C2/C(=C(\O)c3cc(C(C)(C)C)ccc3C)C(=O)C(=O)N2c2nc3c(F)cc(F)cc3s2)c1. The van der Waals surface area contributed by atoms with Gasteiger partial charge in [-0.25, -0.2) is 13.8 Å². The Bertz CT molecular complexity index is 1670. The van der Waals surface area contributed by atoms with Gasteiger partial charge in [0.2, 0.25) is 0 Å². The van der Waals surface area contributed by atoms with Gasteiger partial charge in [0.15, 0.2) is 10.9 Å². The Hall–Kier alpha value is -3.91. The molecule has 1 saturated heterocycles. The molecule has 1 unspecified atom stereocenters. The molecule has 4 aromatic rings. The molecular weight excluding hydrogens is 506 g/mol. The largest absolute Gasteiger partial charge is 0.507 e. The van der Waals surface area contributed by atoms with E-state index in [1.807, 2.05) is 65.0 Å². The maximum Gasteiger partial charge on any atom is 0.301 e. The van der Waals surface area contributed by atoms with E-state index in [2.05, 4.69) is 4.98 Å². The van der Waals surface area contributed by atoms with E-state index in [-0.39, 0.29) is 32.1 Å². The van der Waals surface area contributed by atoms with Gasteiger partial charge in [-0.05, 0) is 48.1 Å². The number of amides is 1. The summed E-state index contributed by atoms with van der Waals surface area (Å²) in [7, 11) is 0. The first-order valence-corrected chi connectivity index (χ1v) is 12.9. The van der Waals surface area contributed by atoms with Gasteiger partial charge in [0.05, 0.1) is 16.3 Å². The summed E-state index contributed by atoms with van der Waals surface area (Å²) in [5, 5.41) is 11.7. The summed E-state index contributed by atoms with van der Waals surface area (Å²) in [4.78, 5) is 32.5. The van der Waals surface area contributed by atoms with Crippen LogP contribution in [0.25, 0.3) is 16.0 Å². The molecule has 0 aliphatic carbocycles. The van der Waals surface area contributed by atoms with Crippen LogP contribution in [0.5, 0.6) is 0 Å². The second-order valence-electron chi connectivity index (χ2n) is 10.6. The molecule has 0 spiro atoms. The molecule has 38 heavy (non-hydrogen) atoms. The van der Waals surface area contributed by atoms with Crippen molar-refractivity contribution in [1.29, 1.82) is 0 Å². The highest BCUT2D eigenvalue weighted by Gasteiger charge is 2.48. The minimum Gasteiger partial charge on any atom is -0.507 e. The van der Waals surface area contributed by atoms with Crippen molar-refractivity contribution in [2.45, 2.75) is 46.1 Å². The zero-order valence-corrected chi connectivity index (χ0v) is 22.4. The normalized spacial score (nSPS) is 17.6. The van der Waals surface area contributed by atoms with Gasteiger partial charge in [-0.2, -0.15) is 0 Å². The van der Waals surface area contributed by atoms with Crippen molar-refractivity contribution < 1.29 is 23.5 Å². The third-order valence-corrected chi connectivity index (χ3v) is 7.77. The molecule has 2 heterocycles. The summed E-state index contributed by atoms with van der Waals surface area (Å²) >= 11 is 0.907. The van der Waals surface area contributed by atoms with Crippen LogP contribution in [0.1, 0.15) is 54.6 Å². The third kappa shape index (κ3) is 4.28. The number of hydrogen-bond acceptors (Lipinski definition) is 5. The van der Waals surface area contributed by atoms with Gasteiger partial charge in [0.1, 0.15) is 17.1 Å². The van der Waals surface area contributed by atoms with Crippen molar-refractivity contribution >= 4 is 44.1 Å². The lowest BCUT2D eigenvalue weighted by Gasteiger charge is -2.24. The zero-order chi connectivity index (χ0) is 27.5. The summed E-state index contributed by atoms with van der Waals surface area (Å²) in [6.45, 7) is 9.83. The Morgan fingerprint density at radius 2 is 1.76 bits per heavy atom. The van der Waals surface area contributed by atoms with Crippen molar-refractivity contribution in [1.82, 2.24) is 4.98 Å². The van der Waals surface area contributed by atoms with Gasteiger partial charge >= 0.3 is 5.91 Å². The highest BCUT2D eigenvalue weighted by atomic mass is 32.1. The first-order chi connectivity index (χ1) is 17.9.